The van der Waals surface area contributed by atoms with Gasteiger partial charge < -0.3 is 10.4 Å². The van der Waals surface area contributed by atoms with Crippen molar-refractivity contribution in [2.45, 2.75) is 25.5 Å². The molecule has 3 aromatic carbocycles. The summed E-state index contributed by atoms with van der Waals surface area (Å²) in [5.74, 6) is 0. The maximum atomic E-state index is 10.7. The molecule has 0 aliphatic heterocycles. The van der Waals surface area contributed by atoms with Crippen molar-refractivity contribution in [1.82, 2.24) is 0 Å². The van der Waals surface area contributed by atoms with Gasteiger partial charge in [-0.3, -0.25) is 0 Å². The summed E-state index contributed by atoms with van der Waals surface area (Å²) in [7, 11) is 0. The molecular weight excluding hydrogens is 410 g/mol. The maximum Gasteiger partial charge on any atom is 0.0813 e. The van der Waals surface area contributed by atoms with Gasteiger partial charge in [0.25, 0.3) is 0 Å². The van der Waals surface area contributed by atoms with E-state index >= 15 is 0 Å². The highest BCUT2D eigenvalue weighted by molar-refractivity contribution is 9.10. The lowest BCUT2D eigenvalue weighted by Crippen LogP contribution is -2.15. The van der Waals surface area contributed by atoms with Gasteiger partial charge >= 0.3 is 0 Å². The van der Waals surface area contributed by atoms with Crippen molar-refractivity contribution < 1.29 is 5.11 Å². The van der Waals surface area contributed by atoms with Crippen molar-refractivity contribution >= 4 is 33.2 Å². The van der Waals surface area contributed by atoms with Gasteiger partial charge in [0.15, 0.2) is 0 Å². The molecule has 134 valence electrons. The van der Waals surface area contributed by atoms with Crippen LogP contribution in [0.2, 0.25) is 5.02 Å². The van der Waals surface area contributed by atoms with E-state index in [2.05, 4.69) is 52.4 Å². The Bertz CT molecular complexity index is 849. The zero-order valence-corrected chi connectivity index (χ0v) is 16.8. The fourth-order valence-electron chi connectivity index (χ4n) is 2.95. The minimum absolute atomic E-state index is 0.0180. The molecule has 0 spiro atoms. The van der Waals surface area contributed by atoms with Crippen molar-refractivity contribution in [3.8, 4) is 0 Å². The molecule has 0 aliphatic carbocycles. The Kier molecular flexibility index (Phi) is 6.36. The molecule has 0 fully saturated rings. The third-order valence-corrected chi connectivity index (χ3v) is 5.13. The standard InChI is InChI=1S/C22H21BrClNO/c1-15-3-2-4-20(13-15)25-21(16-5-9-18(23)10-6-16)14-22(26)17-7-11-19(24)12-8-17/h2-13,21-22,25-26H,14H2,1H3. The van der Waals surface area contributed by atoms with E-state index < -0.39 is 6.10 Å². The van der Waals surface area contributed by atoms with E-state index in [1.54, 1.807) is 0 Å². The van der Waals surface area contributed by atoms with Crippen molar-refractivity contribution in [1.29, 1.82) is 0 Å². The van der Waals surface area contributed by atoms with Gasteiger partial charge in [-0.05, 0) is 60.0 Å². The van der Waals surface area contributed by atoms with Crippen LogP contribution in [0.5, 0.6) is 0 Å². The second kappa shape index (κ2) is 8.72. The van der Waals surface area contributed by atoms with Crippen LogP contribution >= 0.6 is 27.5 Å². The Balaban J connectivity index is 1.84. The minimum Gasteiger partial charge on any atom is -0.388 e. The molecule has 0 aliphatic rings. The summed E-state index contributed by atoms with van der Waals surface area (Å²) >= 11 is 9.44. The third-order valence-electron chi connectivity index (χ3n) is 4.35. The summed E-state index contributed by atoms with van der Waals surface area (Å²) in [6.45, 7) is 2.07. The van der Waals surface area contributed by atoms with Gasteiger partial charge in [0.1, 0.15) is 0 Å². The molecule has 0 radical (unpaired) electrons. The third kappa shape index (κ3) is 5.10. The van der Waals surface area contributed by atoms with E-state index in [0.717, 1.165) is 21.3 Å². The smallest absolute Gasteiger partial charge is 0.0813 e. The first kappa shape index (κ1) is 19.0. The Labute approximate surface area is 168 Å². The van der Waals surface area contributed by atoms with Crippen LogP contribution in [0, 0.1) is 6.92 Å². The fraction of sp³-hybridized carbons (Fsp3) is 0.182. The van der Waals surface area contributed by atoms with Crippen molar-refractivity contribution in [2.75, 3.05) is 5.32 Å². The van der Waals surface area contributed by atoms with Crippen LogP contribution in [0.15, 0.2) is 77.3 Å². The monoisotopic (exact) mass is 429 g/mol. The van der Waals surface area contributed by atoms with E-state index in [0.29, 0.717) is 11.4 Å². The number of rotatable bonds is 6. The Morgan fingerprint density at radius 1 is 0.962 bits per heavy atom. The van der Waals surface area contributed by atoms with Gasteiger partial charge in [-0.1, -0.05) is 63.9 Å². The number of hydrogen-bond acceptors (Lipinski definition) is 2. The molecule has 2 atom stereocenters. The molecular formula is C22H21BrClNO. The van der Waals surface area contributed by atoms with Gasteiger partial charge in [0, 0.05) is 21.6 Å². The molecule has 3 rings (SSSR count). The number of anilines is 1. The lowest BCUT2D eigenvalue weighted by atomic mass is 9.96. The first-order valence-electron chi connectivity index (χ1n) is 8.53. The van der Waals surface area contributed by atoms with E-state index in [4.69, 9.17) is 11.6 Å². The van der Waals surface area contributed by atoms with E-state index in [-0.39, 0.29) is 6.04 Å². The molecule has 2 N–H and O–H groups in total. The summed E-state index contributed by atoms with van der Waals surface area (Å²) in [4.78, 5) is 0. The first-order valence-corrected chi connectivity index (χ1v) is 9.70. The SMILES string of the molecule is Cc1cccc(NC(CC(O)c2ccc(Cl)cc2)c2ccc(Br)cc2)c1. The summed E-state index contributed by atoms with van der Waals surface area (Å²) in [6, 6.07) is 23.8. The fourth-order valence-corrected chi connectivity index (χ4v) is 3.34. The van der Waals surface area contributed by atoms with Crippen LogP contribution < -0.4 is 5.32 Å². The first-order chi connectivity index (χ1) is 12.5. The molecule has 2 nitrogen and oxygen atoms in total. The van der Waals surface area contributed by atoms with Gasteiger partial charge in [0.2, 0.25) is 0 Å². The van der Waals surface area contributed by atoms with Crippen LogP contribution in [0.1, 0.15) is 35.3 Å². The highest BCUT2D eigenvalue weighted by Gasteiger charge is 2.18. The van der Waals surface area contributed by atoms with Gasteiger partial charge in [0.05, 0.1) is 12.1 Å². The molecule has 0 saturated heterocycles. The summed E-state index contributed by atoms with van der Waals surface area (Å²) in [5, 5.41) is 15.0. The average Bonchev–Trinajstić information content (AvgIpc) is 2.62. The Hall–Kier alpha value is -1.81. The topological polar surface area (TPSA) is 32.3 Å². The summed E-state index contributed by atoms with van der Waals surface area (Å²) in [5.41, 5.74) is 4.23. The second-order valence-corrected chi connectivity index (χ2v) is 7.77. The number of halogens is 2. The van der Waals surface area contributed by atoms with Crippen LogP contribution in [-0.4, -0.2) is 5.11 Å². The molecule has 4 heteroatoms. The number of benzene rings is 3. The van der Waals surface area contributed by atoms with Crippen LogP contribution in [0.3, 0.4) is 0 Å². The molecule has 0 amide bonds. The predicted octanol–water partition coefficient (Wildman–Crippen LogP) is 6.69. The summed E-state index contributed by atoms with van der Waals surface area (Å²) < 4.78 is 1.04. The van der Waals surface area contributed by atoms with Gasteiger partial charge in [-0.15, -0.1) is 0 Å². The van der Waals surface area contributed by atoms with Crippen molar-refractivity contribution in [3.63, 3.8) is 0 Å². The molecule has 0 heterocycles. The number of hydrogen-bond donors (Lipinski definition) is 2. The van der Waals surface area contributed by atoms with Crippen LogP contribution in [0.25, 0.3) is 0 Å². The lowest BCUT2D eigenvalue weighted by Gasteiger charge is -2.24. The highest BCUT2D eigenvalue weighted by Crippen LogP contribution is 2.31. The van der Waals surface area contributed by atoms with E-state index in [1.807, 2.05) is 48.5 Å². The zero-order valence-electron chi connectivity index (χ0n) is 14.5. The lowest BCUT2D eigenvalue weighted by molar-refractivity contribution is 0.160. The Morgan fingerprint density at radius 2 is 1.62 bits per heavy atom. The van der Waals surface area contributed by atoms with Crippen molar-refractivity contribution in [3.05, 3.63) is 99.0 Å². The normalized spacial score (nSPS) is 13.2. The molecule has 0 bridgehead atoms. The van der Waals surface area contributed by atoms with Crippen LogP contribution in [-0.2, 0) is 0 Å². The zero-order chi connectivity index (χ0) is 18.5. The second-order valence-electron chi connectivity index (χ2n) is 6.42. The molecule has 26 heavy (non-hydrogen) atoms. The summed E-state index contributed by atoms with van der Waals surface area (Å²) in [6.07, 6.45) is -0.0322. The largest absolute Gasteiger partial charge is 0.388 e. The number of aliphatic hydroxyl groups excluding tert-OH is 1. The maximum absolute atomic E-state index is 10.7. The number of nitrogens with one attached hydrogen (secondary N) is 1. The number of aryl methyl sites for hydroxylation is 1. The molecule has 0 saturated carbocycles. The van der Waals surface area contributed by atoms with Crippen LogP contribution in [0.4, 0.5) is 5.69 Å². The molecule has 2 unspecified atom stereocenters. The minimum atomic E-state index is -0.585. The predicted molar refractivity (Wildman–Crippen MR) is 113 cm³/mol. The molecule has 0 aromatic heterocycles. The van der Waals surface area contributed by atoms with Gasteiger partial charge in [-0.2, -0.15) is 0 Å². The quantitative estimate of drug-likeness (QED) is 0.456. The molecule has 3 aromatic rings. The Morgan fingerprint density at radius 3 is 2.27 bits per heavy atom. The highest BCUT2D eigenvalue weighted by atomic mass is 79.9. The number of aliphatic hydroxyl groups is 1. The van der Waals surface area contributed by atoms with E-state index in [1.165, 1.54) is 5.56 Å². The van der Waals surface area contributed by atoms with Gasteiger partial charge in [-0.25, -0.2) is 0 Å². The average molecular weight is 431 g/mol. The van der Waals surface area contributed by atoms with E-state index in [9.17, 15) is 5.11 Å². The van der Waals surface area contributed by atoms with Crippen molar-refractivity contribution in [2.24, 2.45) is 0 Å².